The summed E-state index contributed by atoms with van der Waals surface area (Å²) in [4.78, 5) is 37.4. The molecule has 0 saturated carbocycles. The van der Waals surface area contributed by atoms with E-state index in [-0.39, 0.29) is 22.8 Å². The van der Waals surface area contributed by atoms with Crippen molar-refractivity contribution in [2.24, 2.45) is 0 Å². The Labute approximate surface area is 180 Å². The van der Waals surface area contributed by atoms with E-state index in [4.69, 9.17) is 14.2 Å². The molecule has 7 nitrogen and oxygen atoms in total. The van der Waals surface area contributed by atoms with Crippen LogP contribution >= 0.6 is 15.9 Å². The second kappa shape index (κ2) is 9.67. The van der Waals surface area contributed by atoms with E-state index in [2.05, 4.69) is 15.9 Å². The van der Waals surface area contributed by atoms with Crippen LogP contribution in [0.15, 0.2) is 24.3 Å². The van der Waals surface area contributed by atoms with Crippen LogP contribution in [0.3, 0.4) is 0 Å². The number of methoxy groups -OCH3 is 1. The normalized spacial score (nSPS) is 13.8. The van der Waals surface area contributed by atoms with Crippen LogP contribution in [0.25, 0.3) is 0 Å². The largest absolute Gasteiger partial charge is 0.497 e. The maximum Gasteiger partial charge on any atom is 0.471 e. The van der Waals surface area contributed by atoms with Crippen LogP contribution in [-0.2, 0) is 28.3 Å². The minimum absolute atomic E-state index is 0.0356. The molecular weight excluding hydrogens is 475 g/mol. The van der Waals surface area contributed by atoms with Gasteiger partial charge in [0.1, 0.15) is 17.9 Å². The lowest BCUT2D eigenvalue weighted by Gasteiger charge is -2.38. The van der Waals surface area contributed by atoms with Gasteiger partial charge in [-0.15, -0.1) is 0 Å². The van der Waals surface area contributed by atoms with E-state index in [1.807, 2.05) is 0 Å². The van der Waals surface area contributed by atoms with Gasteiger partial charge in [-0.05, 0) is 55.8 Å². The average Bonchev–Trinajstić information content (AvgIpc) is 2.63. The summed E-state index contributed by atoms with van der Waals surface area (Å²) in [5.74, 6) is -4.59. The number of carbonyl (C=O) groups excluding carboxylic acids is 3. The third-order valence-electron chi connectivity index (χ3n) is 3.57. The van der Waals surface area contributed by atoms with Crippen molar-refractivity contribution in [3.63, 3.8) is 0 Å². The highest BCUT2D eigenvalue weighted by molar-refractivity contribution is 9.10. The molecule has 0 aliphatic carbocycles. The minimum Gasteiger partial charge on any atom is -0.497 e. The number of ether oxygens (including phenoxy) is 3. The quantitative estimate of drug-likeness (QED) is 0.325. The summed E-state index contributed by atoms with van der Waals surface area (Å²) >= 11 is 2.96. The number of alkyl halides is 4. The molecule has 0 aliphatic rings. The van der Waals surface area contributed by atoms with Crippen molar-refractivity contribution >= 4 is 33.8 Å². The van der Waals surface area contributed by atoms with Gasteiger partial charge in [-0.3, -0.25) is 14.5 Å². The summed E-state index contributed by atoms with van der Waals surface area (Å²) in [6.45, 7) is 4.62. The predicted molar refractivity (Wildman–Crippen MR) is 104 cm³/mol. The topological polar surface area (TPSA) is 82.1 Å². The number of nitrogens with zero attached hydrogens (tertiary/aromatic N) is 1. The van der Waals surface area contributed by atoms with E-state index in [0.29, 0.717) is 0 Å². The molecule has 0 spiro atoms. The van der Waals surface area contributed by atoms with E-state index in [0.717, 1.165) is 0 Å². The number of esters is 2. The number of carbonyl (C=O) groups is 3. The third kappa shape index (κ3) is 6.35. The number of rotatable bonds is 7. The lowest BCUT2D eigenvalue weighted by Crippen LogP contribution is -2.57. The summed E-state index contributed by atoms with van der Waals surface area (Å²) in [7, 11) is 1.32. The highest BCUT2D eigenvalue weighted by Crippen LogP contribution is 2.40. The first kappa shape index (κ1) is 25.7. The summed E-state index contributed by atoms with van der Waals surface area (Å²) in [6, 6.07) is 5.44. The summed E-state index contributed by atoms with van der Waals surface area (Å²) in [5.41, 5.74) is -1.14. The molecule has 1 amide bonds. The SMILES string of the molecule is CCOC(=O)C(Br)(c1cccc(OC)c1)N(CC(=O)OC(C)(C)C)C(=O)C(F)(F)F. The van der Waals surface area contributed by atoms with Crippen molar-refractivity contribution in [3.8, 4) is 5.75 Å². The van der Waals surface area contributed by atoms with Crippen molar-refractivity contribution in [2.45, 2.75) is 43.9 Å². The van der Waals surface area contributed by atoms with E-state index >= 15 is 0 Å². The summed E-state index contributed by atoms with van der Waals surface area (Å²) in [5, 5.41) is 0. The van der Waals surface area contributed by atoms with Crippen LogP contribution in [0.4, 0.5) is 13.2 Å². The van der Waals surface area contributed by atoms with Gasteiger partial charge >= 0.3 is 24.0 Å². The summed E-state index contributed by atoms with van der Waals surface area (Å²) in [6.07, 6.45) is -5.38. The highest BCUT2D eigenvalue weighted by atomic mass is 79.9. The van der Waals surface area contributed by atoms with E-state index in [1.165, 1.54) is 59.1 Å². The van der Waals surface area contributed by atoms with E-state index in [1.54, 1.807) is 0 Å². The molecule has 0 fully saturated rings. The standard InChI is InChI=1S/C19H23BrF3NO6/c1-6-29-16(27)18(20,12-8-7-9-13(10-12)28-5)24(15(26)19(21,22)23)11-14(25)30-17(2,3)4/h7-10H,6,11H2,1-5H3. The maximum atomic E-state index is 13.4. The molecule has 1 unspecified atom stereocenters. The van der Waals surface area contributed by atoms with Crippen LogP contribution in [0, 0.1) is 0 Å². The van der Waals surface area contributed by atoms with Crippen molar-refractivity contribution in [2.75, 3.05) is 20.3 Å². The van der Waals surface area contributed by atoms with Crippen LogP contribution in [0.1, 0.15) is 33.3 Å². The Balaban J connectivity index is 3.64. The number of amides is 1. The Morgan fingerprint density at radius 3 is 2.20 bits per heavy atom. The van der Waals surface area contributed by atoms with Crippen LogP contribution < -0.4 is 4.74 Å². The minimum atomic E-state index is -5.38. The maximum absolute atomic E-state index is 13.4. The fourth-order valence-electron chi connectivity index (χ4n) is 2.42. The first-order valence-electron chi connectivity index (χ1n) is 8.78. The van der Waals surface area contributed by atoms with E-state index in [9.17, 15) is 27.6 Å². The molecule has 0 aliphatic heterocycles. The average molecular weight is 498 g/mol. The van der Waals surface area contributed by atoms with Gasteiger partial charge in [0.15, 0.2) is 0 Å². The molecule has 30 heavy (non-hydrogen) atoms. The van der Waals surface area contributed by atoms with Crippen LogP contribution in [-0.4, -0.2) is 54.8 Å². The van der Waals surface area contributed by atoms with Crippen molar-refractivity contribution in [1.82, 2.24) is 4.90 Å². The molecule has 0 radical (unpaired) electrons. The lowest BCUT2D eigenvalue weighted by atomic mass is 10.0. The van der Waals surface area contributed by atoms with Gasteiger partial charge in [0.2, 0.25) is 4.45 Å². The van der Waals surface area contributed by atoms with Crippen LogP contribution in [0.5, 0.6) is 5.75 Å². The van der Waals surface area contributed by atoms with Gasteiger partial charge < -0.3 is 14.2 Å². The highest BCUT2D eigenvalue weighted by Gasteiger charge is 2.55. The monoisotopic (exact) mass is 497 g/mol. The molecule has 0 heterocycles. The van der Waals surface area contributed by atoms with Crippen molar-refractivity contribution < 1.29 is 41.8 Å². The zero-order valence-electron chi connectivity index (χ0n) is 17.1. The van der Waals surface area contributed by atoms with Crippen molar-refractivity contribution in [3.05, 3.63) is 29.8 Å². The zero-order chi connectivity index (χ0) is 23.3. The number of hydrogen-bond acceptors (Lipinski definition) is 6. The smallest absolute Gasteiger partial charge is 0.471 e. The summed E-state index contributed by atoms with van der Waals surface area (Å²) < 4.78 is 52.7. The first-order valence-corrected chi connectivity index (χ1v) is 9.57. The second-order valence-corrected chi connectivity index (χ2v) is 8.20. The Hall–Kier alpha value is -2.30. The van der Waals surface area contributed by atoms with Gasteiger partial charge in [0.25, 0.3) is 0 Å². The van der Waals surface area contributed by atoms with Gasteiger partial charge in [-0.2, -0.15) is 13.2 Å². The van der Waals surface area contributed by atoms with Gasteiger partial charge in [0, 0.05) is 5.56 Å². The molecule has 1 atom stereocenters. The lowest BCUT2D eigenvalue weighted by molar-refractivity contribution is -0.194. The molecule has 0 N–H and O–H groups in total. The van der Waals surface area contributed by atoms with Gasteiger partial charge in [-0.1, -0.05) is 12.1 Å². The molecule has 1 rings (SSSR count). The fraction of sp³-hybridized carbons (Fsp3) is 0.526. The Morgan fingerprint density at radius 2 is 1.73 bits per heavy atom. The van der Waals surface area contributed by atoms with E-state index < -0.39 is 40.6 Å². The molecular formula is C19H23BrF3NO6. The molecule has 1 aromatic rings. The van der Waals surface area contributed by atoms with Crippen LogP contribution in [0.2, 0.25) is 0 Å². The Morgan fingerprint density at radius 1 is 1.13 bits per heavy atom. The van der Waals surface area contributed by atoms with Gasteiger partial charge in [0.05, 0.1) is 13.7 Å². The Kier molecular flexibility index (Phi) is 8.30. The fourth-order valence-corrected chi connectivity index (χ4v) is 3.06. The number of halogens is 4. The molecule has 11 heteroatoms. The zero-order valence-corrected chi connectivity index (χ0v) is 18.7. The van der Waals surface area contributed by atoms with Gasteiger partial charge in [-0.25, -0.2) is 4.79 Å². The molecule has 0 saturated heterocycles. The third-order valence-corrected chi connectivity index (χ3v) is 4.77. The molecule has 1 aromatic carbocycles. The first-order chi connectivity index (χ1) is 13.7. The molecule has 0 aromatic heterocycles. The molecule has 168 valence electrons. The Bertz CT molecular complexity index is 793. The number of hydrogen-bond donors (Lipinski definition) is 0. The second-order valence-electron chi connectivity index (χ2n) is 7.05. The predicted octanol–water partition coefficient (Wildman–Crippen LogP) is 3.54. The van der Waals surface area contributed by atoms with Crippen molar-refractivity contribution in [1.29, 1.82) is 0 Å². The molecule has 0 bridgehead atoms. The number of benzene rings is 1.